The predicted molar refractivity (Wildman–Crippen MR) is 82.6 cm³/mol. The van der Waals surface area contributed by atoms with Crippen LogP contribution in [0.15, 0.2) is 10.6 Å². The SMILES string of the molecule is CCC(CCC(=O)CCCN)NC(=O)c1cc(C2CC2)on1. The molecule has 0 radical (unpaired) electrons. The first kappa shape index (κ1) is 16.7. The number of Topliss-reactive ketones (excluding diaryl/α,β-unsaturated/α-hetero) is 1. The van der Waals surface area contributed by atoms with E-state index in [0.29, 0.717) is 37.4 Å². The Balaban J connectivity index is 1.78. The molecule has 0 bridgehead atoms. The predicted octanol–water partition coefficient (Wildman–Crippen LogP) is 2.15. The molecule has 0 saturated heterocycles. The van der Waals surface area contributed by atoms with Gasteiger partial charge in [-0.05, 0) is 38.6 Å². The molecule has 122 valence electrons. The number of nitrogens with zero attached hydrogens (tertiary/aromatic N) is 1. The highest BCUT2D eigenvalue weighted by molar-refractivity contribution is 5.92. The molecule has 1 fully saturated rings. The molecule has 1 aliphatic carbocycles. The van der Waals surface area contributed by atoms with Gasteiger partial charge in [0.25, 0.3) is 5.91 Å². The molecule has 0 aromatic carbocycles. The summed E-state index contributed by atoms with van der Waals surface area (Å²) in [6, 6.07) is 1.71. The van der Waals surface area contributed by atoms with Crippen molar-refractivity contribution in [3.8, 4) is 0 Å². The summed E-state index contributed by atoms with van der Waals surface area (Å²) in [6.07, 6.45) is 5.38. The summed E-state index contributed by atoms with van der Waals surface area (Å²) in [5, 5.41) is 6.76. The largest absolute Gasteiger partial charge is 0.360 e. The van der Waals surface area contributed by atoms with E-state index >= 15 is 0 Å². The Kier molecular flexibility index (Phi) is 6.12. The quantitative estimate of drug-likeness (QED) is 0.690. The van der Waals surface area contributed by atoms with Gasteiger partial charge in [-0.15, -0.1) is 0 Å². The van der Waals surface area contributed by atoms with Crippen LogP contribution in [0.3, 0.4) is 0 Å². The number of hydrogen-bond acceptors (Lipinski definition) is 5. The summed E-state index contributed by atoms with van der Waals surface area (Å²) in [5.41, 5.74) is 5.72. The number of carbonyl (C=O) groups excluding carboxylic acids is 2. The van der Waals surface area contributed by atoms with Crippen LogP contribution in [0.4, 0.5) is 0 Å². The minimum absolute atomic E-state index is 0.0181. The van der Waals surface area contributed by atoms with Crippen LogP contribution in [-0.2, 0) is 4.79 Å². The molecule has 22 heavy (non-hydrogen) atoms. The van der Waals surface area contributed by atoms with Gasteiger partial charge in [-0.2, -0.15) is 0 Å². The van der Waals surface area contributed by atoms with Crippen molar-refractivity contribution in [1.82, 2.24) is 10.5 Å². The summed E-state index contributed by atoms with van der Waals surface area (Å²) in [6.45, 7) is 2.53. The summed E-state index contributed by atoms with van der Waals surface area (Å²) in [4.78, 5) is 23.8. The van der Waals surface area contributed by atoms with Gasteiger partial charge in [0.15, 0.2) is 5.69 Å². The molecular formula is C16H25N3O3. The van der Waals surface area contributed by atoms with Crippen molar-refractivity contribution in [2.75, 3.05) is 6.54 Å². The van der Waals surface area contributed by atoms with E-state index in [1.165, 1.54) is 0 Å². The van der Waals surface area contributed by atoms with Crippen LogP contribution in [0.5, 0.6) is 0 Å². The number of nitrogens with two attached hydrogens (primary N) is 1. The minimum atomic E-state index is -0.225. The molecule has 6 heteroatoms. The van der Waals surface area contributed by atoms with Gasteiger partial charge in [0.1, 0.15) is 11.5 Å². The second-order valence-corrected chi connectivity index (χ2v) is 5.94. The fraction of sp³-hybridized carbons (Fsp3) is 0.688. The Labute approximate surface area is 130 Å². The second kappa shape index (κ2) is 8.08. The number of amides is 1. The molecular weight excluding hydrogens is 282 g/mol. The molecule has 1 amide bonds. The lowest BCUT2D eigenvalue weighted by Gasteiger charge is -2.15. The molecule has 3 N–H and O–H groups in total. The Morgan fingerprint density at radius 3 is 2.86 bits per heavy atom. The van der Waals surface area contributed by atoms with Gasteiger partial charge in [0.05, 0.1) is 0 Å². The van der Waals surface area contributed by atoms with Gasteiger partial charge in [-0.1, -0.05) is 12.1 Å². The van der Waals surface area contributed by atoms with E-state index in [1.54, 1.807) is 6.07 Å². The number of hydrogen-bond donors (Lipinski definition) is 2. The van der Waals surface area contributed by atoms with Crippen LogP contribution in [0.25, 0.3) is 0 Å². The lowest BCUT2D eigenvalue weighted by Crippen LogP contribution is -2.35. The molecule has 1 atom stereocenters. The number of nitrogens with one attached hydrogen (secondary N) is 1. The van der Waals surface area contributed by atoms with Crippen LogP contribution in [0.1, 0.15) is 74.0 Å². The highest BCUT2D eigenvalue weighted by Gasteiger charge is 2.29. The van der Waals surface area contributed by atoms with Crippen LogP contribution >= 0.6 is 0 Å². The van der Waals surface area contributed by atoms with E-state index in [1.807, 2.05) is 6.92 Å². The zero-order valence-corrected chi connectivity index (χ0v) is 13.1. The maximum Gasteiger partial charge on any atom is 0.273 e. The van der Waals surface area contributed by atoms with Gasteiger partial charge in [0.2, 0.25) is 0 Å². The van der Waals surface area contributed by atoms with Crippen LogP contribution in [0.2, 0.25) is 0 Å². The fourth-order valence-electron chi connectivity index (χ4n) is 2.35. The van der Waals surface area contributed by atoms with Gasteiger partial charge in [0, 0.05) is 30.9 Å². The summed E-state index contributed by atoms with van der Waals surface area (Å²) in [7, 11) is 0. The van der Waals surface area contributed by atoms with Gasteiger partial charge in [-0.25, -0.2) is 0 Å². The normalized spacial score (nSPS) is 15.5. The first-order valence-corrected chi connectivity index (χ1v) is 8.13. The zero-order valence-electron chi connectivity index (χ0n) is 13.1. The van der Waals surface area contributed by atoms with Crippen molar-refractivity contribution in [1.29, 1.82) is 0 Å². The molecule has 1 aliphatic rings. The summed E-state index contributed by atoms with van der Waals surface area (Å²) in [5.74, 6) is 1.22. The van der Waals surface area contributed by atoms with Crippen molar-refractivity contribution in [3.05, 3.63) is 17.5 Å². The zero-order chi connectivity index (χ0) is 15.9. The first-order valence-electron chi connectivity index (χ1n) is 8.13. The third-order valence-electron chi connectivity index (χ3n) is 4.00. The Bertz CT molecular complexity index is 508. The first-order chi connectivity index (χ1) is 10.6. The van der Waals surface area contributed by atoms with Crippen molar-refractivity contribution in [2.24, 2.45) is 5.73 Å². The van der Waals surface area contributed by atoms with E-state index in [2.05, 4.69) is 10.5 Å². The van der Waals surface area contributed by atoms with Crippen LogP contribution < -0.4 is 11.1 Å². The maximum atomic E-state index is 12.2. The maximum absolute atomic E-state index is 12.2. The molecule has 0 aliphatic heterocycles. The second-order valence-electron chi connectivity index (χ2n) is 5.94. The van der Waals surface area contributed by atoms with E-state index in [4.69, 9.17) is 10.3 Å². The average Bonchev–Trinajstić information content (AvgIpc) is 3.26. The van der Waals surface area contributed by atoms with Crippen molar-refractivity contribution in [3.63, 3.8) is 0 Å². The van der Waals surface area contributed by atoms with Crippen molar-refractivity contribution in [2.45, 2.75) is 63.8 Å². The number of aromatic nitrogens is 1. The summed E-state index contributed by atoms with van der Waals surface area (Å²) < 4.78 is 5.19. The fourth-order valence-corrected chi connectivity index (χ4v) is 2.35. The van der Waals surface area contributed by atoms with Crippen LogP contribution in [-0.4, -0.2) is 29.4 Å². The standard InChI is InChI=1S/C16H25N3O3/c1-2-12(7-8-13(20)4-3-9-17)18-16(21)14-10-15(22-19-14)11-5-6-11/h10-12H,2-9,17H2,1H3,(H,18,21). The highest BCUT2D eigenvalue weighted by atomic mass is 16.5. The smallest absolute Gasteiger partial charge is 0.273 e. The molecule has 1 aromatic heterocycles. The molecule has 0 spiro atoms. The topological polar surface area (TPSA) is 98.2 Å². The van der Waals surface area contributed by atoms with Crippen molar-refractivity contribution >= 4 is 11.7 Å². The molecule has 1 heterocycles. The molecule has 1 saturated carbocycles. The molecule has 1 unspecified atom stereocenters. The minimum Gasteiger partial charge on any atom is -0.360 e. The lowest BCUT2D eigenvalue weighted by atomic mass is 10.0. The average molecular weight is 307 g/mol. The number of ketones is 1. The van der Waals surface area contributed by atoms with Gasteiger partial charge >= 0.3 is 0 Å². The van der Waals surface area contributed by atoms with E-state index < -0.39 is 0 Å². The lowest BCUT2D eigenvalue weighted by molar-refractivity contribution is -0.119. The third kappa shape index (κ3) is 4.94. The van der Waals surface area contributed by atoms with E-state index in [9.17, 15) is 9.59 Å². The van der Waals surface area contributed by atoms with E-state index in [0.717, 1.165) is 31.4 Å². The van der Waals surface area contributed by atoms with Crippen molar-refractivity contribution < 1.29 is 14.1 Å². The number of carbonyl (C=O) groups is 2. The molecule has 1 aromatic rings. The Hall–Kier alpha value is -1.69. The number of rotatable bonds is 10. The van der Waals surface area contributed by atoms with E-state index in [-0.39, 0.29) is 17.7 Å². The highest BCUT2D eigenvalue weighted by Crippen LogP contribution is 2.40. The van der Waals surface area contributed by atoms with Crippen LogP contribution in [0, 0.1) is 0 Å². The monoisotopic (exact) mass is 307 g/mol. The third-order valence-corrected chi connectivity index (χ3v) is 4.00. The van der Waals surface area contributed by atoms with Gasteiger partial charge < -0.3 is 15.6 Å². The summed E-state index contributed by atoms with van der Waals surface area (Å²) >= 11 is 0. The molecule has 6 nitrogen and oxygen atoms in total. The Morgan fingerprint density at radius 1 is 1.45 bits per heavy atom. The van der Waals surface area contributed by atoms with Gasteiger partial charge in [-0.3, -0.25) is 9.59 Å². The molecule has 2 rings (SSSR count). The Morgan fingerprint density at radius 2 is 2.23 bits per heavy atom.